The average molecular weight is 750 g/mol. The second-order valence-electron chi connectivity index (χ2n) is 13.9. The van der Waals surface area contributed by atoms with E-state index in [4.69, 9.17) is 15.0 Å². The molecule has 4 heterocycles. The van der Waals surface area contributed by atoms with Crippen molar-refractivity contribution in [1.82, 2.24) is 15.0 Å². The fourth-order valence-electron chi connectivity index (χ4n) is 7.94. The quantitative estimate of drug-likeness (QED) is 0.170. The Morgan fingerprint density at radius 2 is 0.821 bits per heavy atom. The molecular weight excluding hydrogens is 719 g/mol. The van der Waals surface area contributed by atoms with E-state index >= 15 is 0 Å². The number of fused-ring (bicyclic) bond motifs is 6. The molecule has 0 saturated carbocycles. The molecule has 0 radical (unpaired) electrons. The minimum absolute atomic E-state index is 0.673. The van der Waals surface area contributed by atoms with Crippen LogP contribution in [0.15, 0.2) is 188 Å². The highest BCUT2D eigenvalue weighted by Gasteiger charge is 2.19. The van der Waals surface area contributed by atoms with E-state index in [-0.39, 0.29) is 0 Å². The number of benzene rings is 7. The standard InChI is InChI=1S/C51H31N3S2/c1-2-14-32(15-3-1)45-31-46(39-17-5-4-16-38(39)44-24-10-11-27-52-44)54-51(53-45)35-29-33(36-20-12-22-42-40-18-6-8-25-47(40)55-49(36)42)28-34(30-35)37-21-13-23-43-41-19-7-9-26-48(41)56-50(37)43/h1-31H. The lowest BCUT2D eigenvalue weighted by Crippen LogP contribution is -1.98. The molecule has 7 aromatic carbocycles. The van der Waals surface area contributed by atoms with Gasteiger partial charge in [0.25, 0.3) is 0 Å². The van der Waals surface area contributed by atoms with Gasteiger partial charge in [-0.05, 0) is 70.8 Å². The number of pyridine rings is 1. The Morgan fingerprint density at radius 1 is 0.321 bits per heavy atom. The monoisotopic (exact) mass is 749 g/mol. The number of hydrogen-bond donors (Lipinski definition) is 0. The summed E-state index contributed by atoms with van der Waals surface area (Å²) in [7, 11) is 0. The minimum atomic E-state index is 0.673. The van der Waals surface area contributed by atoms with Gasteiger partial charge in [0.15, 0.2) is 5.82 Å². The van der Waals surface area contributed by atoms with Crippen LogP contribution in [0.3, 0.4) is 0 Å². The Bertz CT molecular complexity index is 3120. The van der Waals surface area contributed by atoms with Crippen molar-refractivity contribution < 1.29 is 0 Å². The normalized spacial score (nSPS) is 11.6. The van der Waals surface area contributed by atoms with Crippen molar-refractivity contribution in [3.05, 3.63) is 188 Å². The summed E-state index contributed by atoms with van der Waals surface area (Å²) >= 11 is 3.71. The van der Waals surface area contributed by atoms with Crippen molar-refractivity contribution in [1.29, 1.82) is 0 Å². The second-order valence-corrected chi connectivity index (χ2v) is 16.1. The summed E-state index contributed by atoms with van der Waals surface area (Å²) in [5.41, 5.74) is 11.3. The van der Waals surface area contributed by atoms with Crippen LogP contribution >= 0.6 is 22.7 Å². The zero-order valence-electron chi connectivity index (χ0n) is 30.1. The van der Waals surface area contributed by atoms with Gasteiger partial charge in [-0.15, -0.1) is 22.7 Å². The van der Waals surface area contributed by atoms with E-state index in [0.717, 1.165) is 50.5 Å². The van der Waals surface area contributed by atoms with Crippen molar-refractivity contribution in [3.63, 3.8) is 0 Å². The molecule has 0 aliphatic rings. The Hall–Kier alpha value is -6.79. The van der Waals surface area contributed by atoms with E-state index in [1.807, 2.05) is 47.1 Å². The predicted octanol–water partition coefficient (Wildman–Crippen LogP) is 14.6. The molecule has 0 N–H and O–H groups in total. The number of thiophene rings is 2. The lowest BCUT2D eigenvalue weighted by Gasteiger charge is -2.15. The molecule has 0 bridgehead atoms. The molecule has 3 nitrogen and oxygen atoms in total. The Kier molecular flexibility index (Phi) is 7.87. The molecule has 56 heavy (non-hydrogen) atoms. The molecule has 4 aromatic heterocycles. The molecule has 11 rings (SSSR count). The first-order valence-electron chi connectivity index (χ1n) is 18.7. The fourth-order valence-corrected chi connectivity index (χ4v) is 10.4. The van der Waals surface area contributed by atoms with Gasteiger partial charge < -0.3 is 0 Å². The second kappa shape index (κ2) is 13.5. The van der Waals surface area contributed by atoms with Crippen LogP contribution in [0.4, 0.5) is 0 Å². The van der Waals surface area contributed by atoms with Gasteiger partial charge in [0.1, 0.15) is 0 Å². The number of nitrogens with zero attached hydrogens (tertiary/aromatic N) is 3. The average Bonchev–Trinajstić information content (AvgIpc) is 3.85. The van der Waals surface area contributed by atoms with Crippen molar-refractivity contribution in [2.45, 2.75) is 0 Å². The van der Waals surface area contributed by atoms with Gasteiger partial charge in [-0.25, -0.2) is 9.97 Å². The fraction of sp³-hybridized carbons (Fsp3) is 0. The van der Waals surface area contributed by atoms with E-state index < -0.39 is 0 Å². The van der Waals surface area contributed by atoms with Crippen LogP contribution in [-0.4, -0.2) is 15.0 Å². The van der Waals surface area contributed by atoms with Crippen LogP contribution < -0.4 is 0 Å². The van der Waals surface area contributed by atoms with Gasteiger partial charge in [-0.2, -0.15) is 0 Å². The summed E-state index contributed by atoms with van der Waals surface area (Å²) in [5, 5.41) is 5.13. The van der Waals surface area contributed by atoms with Crippen LogP contribution in [0, 0.1) is 0 Å². The number of hydrogen-bond acceptors (Lipinski definition) is 5. The third-order valence-corrected chi connectivity index (χ3v) is 13.0. The summed E-state index contributed by atoms with van der Waals surface area (Å²) in [6.45, 7) is 0. The van der Waals surface area contributed by atoms with E-state index in [9.17, 15) is 0 Å². The van der Waals surface area contributed by atoms with Gasteiger partial charge in [0.05, 0.1) is 17.1 Å². The zero-order chi connectivity index (χ0) is 37.0. The molecule has 0 amide bonds. The van der Waals surface area contributed by atoms with E-state index in [2.05, 4.69) is 164 Å². The van der Waals surface area contributed by atoms with Crippen molar-refractivity contribution in [2.24, 2.45) is 0 Å². The van der Waals surface area contributed by atoms with Crippen LogP contribution in [0.25, 0.3) is 108 Å². The molecule has 11 aromatic rings. The SMILES string of the molecule is c1ccc(-c2cc(-c3ccccc3-c3ccccn3)nc(-c3cc(-c4cccc5c4sc4ccccc45)cc(-c4cccc5c4sc4ccccc45)c3)n2)cc1. The summed E-state index contributed by atoms with van der Waals surface area (Å²) in [4.78, 5) is 15.5. The van der Waals surface area contributed by atoms with Crippen LogP contribution in [0.1, 0.15) is 0 Å². The first-order valence-corrected chi connectivity index (χ1v) is 20.3. The Labute approximate surface area is 331 Å². The molecule has 262 valence electrons. The Morgan fingerprint density at radius 3 is 1.45 bits per heavy atom. The van der Waals surface area contributed by atoms with Gasteiger partial charge in [0.2, 0.25) is 0 Å². The van der Waals surface area contributed by atoms with Crippen LogP contribution in [0.5, 0.6) is 0 Å². The largest absolute Gasteiger partial charge is 0.256 e. The first-order chi connectivity index (χ1) is 27.7. The predicted molar refractivity (Wildman–Crippen MR) is 238 cm³/mol. The maximum atomic E-state index is 5.42. The number of rotatable bonds is 6. The van der Waals surface area contributed by atoms with Crippen molar-refractivity contribution in [2.75, 3.05) is 0 Å². The lowest BCUT2D eigenvalue weighted by atomic mass is 9.94. The summed E-state index contributed by atoms with van der Waals surface area (Å²) in [6, 6.07) is 64.7. The molecular formula is C51H31N3S2. The molecule has 0 spiro atoms. The molecule has 0 aliphatic carbocycles. The molecule has 0 fully saturated rings. The van der Waals surface area contributed by atoms with Crippen LogP contribution in [0.2, 0.25) is 0 Å². The topological polar surface area (TPSA) is 38.7 Å². The Balaban J connectivity index is 1.19. The van der Waals surface area contributed by atoms with Gasteiger partial charge in [0, 0.05) is 68.8 Å². The van der Waals surface area contributed by atoms with Crippen molar-refractivity contribution in [3.8, 4) is 67.4 Å². The zero-order valence-corrected chi connectivity index (χ0v) is 31.7. The van der Waals surface area contributed by atoms with E-state index in [1.54, 1.807) is 0 Å². The van der Waals surface area contributed by atoms with Crippen LogP contribution in [-0.2, 0) is 0 Å². The molecule has 0 saturated heterocycles. The lowest BCUT2D eigenvalue weighted by molar-refractivity contribution is 1.18. The third-order valence-electron chi connectivity index (χ3n) is 10.6. The molecule has 5 heteroatoms. The van der Waals surface area contributed by atoms with E-state index in [1.165, 1.54) is 51.5 Å². The molecule has 0 aliphatic heterocycles. The van der Waals surface area contributed by atoms with Gasteiger partial charge in [-0.3, -0.25) is 4.98 Å². The summed E-state index contributed by atoms with van der Waals surface area (Å²) < 4.78 is 5.13. The molecule has 0 unspecified atom stereocenters. The minimum Gasteiger partial charge on any atom is -0.256 e. The molecule has 0 atom stereocenters. The maximum absolute atomic E-state index is 5.42. The highest BCUT2D eigenvalue weighted by atomic mass is 32.1. The smallest absolute Gasteiger partial charge is 0.160 e. The maximum Gasteiger partial charge on any atom is 0.160 e. The summed E-state index contributed by atoms with van der Waals surface area (Å²) in [5.74, 6) is 0.673. The highest BCUT2D eigenvalue weighted by Crippen LogP contribution is 2.45. The van der Waals surface area contributed by atoms with Gasteiger partial charge >= 0.3 is 0 Å². The summed E-state index contributed by atoms with van der Waals surface area (Å²) in [6.07, 6.45) is 1.84. The first kappa shape index (κ1) is 32.6. The van der Waals surface area contributed by atoms with E-state index in [0.29, 0.717) is 5.82 Å². The van der Waals surface area contributed by atoms with Gasteiger partial charge in [-0.1, -0.05) is 133 Å². The highest BCUT2D eigenvalue weighted by molar-refractivity contribution is 7.26. The van der Waals surface area contributed by atoms with Crippen molar-refractivity contribution >= 4 is 63.0 Å². The third kappa shape index (κ3) is 5.60. The number of aromatic nitrogens is 3.